The van der Waals surface area contributed by atoms with Crippen LogP contribution in [0.2, 0.25) is 0 Å². The summed E-state index contributed by atoms with van der Waals surface area (Å²) < 4.78 is 4.98. The van der Waals surface area contributed by atoms with Crippen LogP contribution in [0.15, 0.2) is 12.1 Å². The smallest absolute Gasteiger partial charge is 0.233 e. The van der Waals surface area contributed by atoms with Crippen LogP contribution in [-0.2, 0) is 13.1 Å². The van der Waals surface area contributed by atoms with Crippen molar-refractivity contribution < 1.29 is 4.74 Å². The summed E-state index contributed by atoms with van der Waals surface area (Å²) in [6.45, 7) is 3.62. The Kier molecular flexibility index (Phi) is 2.64. The number of hydrogen-bond acceptors (Lipinski definition) is 6. The number of nitrogens with one attached hydrogen (secondary N) is 1. The van der Waals surface area contributed by atoms with Crippen LogP contribution in [0, 0.1) is 6.92 Å². The molecule has 0 radical (unpaired) electrons. The highest BCUT2D eigenvalue weighted by atomic mass is 16.5. The largest absolute Gasteiger partial charge is 0.480 e. The fourth-order valence-corrected chi connectivity index (χ4v) is 2.00. The van der Waals surface area contributed by atoms with Crippen LogP contribution >= 0.6 is 0 Å². The van der Waals surface area contributed by atoms with Gasteiger partial charge < -0.3 is 10.1 Å². The van der Waals surface area contributed by atoms with Crippen LogP contribution < -0.4 is 10.1 Å². The highest BCUT2D eigenvalue weighted by Gasteiger charge is 2.17. The topological polar surface area (TPSA) is 72.8 Å². The van der Waals surface area contributed by atoms with E-state index in [0.717, 1.165) is 24.5 Å². The van der Waals surface area contributed by atoms with Crippen LogP contribution in [-0.4, -0.2) is 27.3 Å². The van der Waals surface area contributed by atoms with Crippen molar-refractivity contribution in [3.63, 3.8) is 0 Å². The Morgan fingerprint density at radius 2 is 2.06 bits per heavy atom. The number of rotatable bonds is 2. The molecule has 0 amide bonds. The molecule has 0 saturated heterocycles. The molecule has 0 saturated carbocycles. The van der Waals surface area contributed by atoms with E-state index in [2.05, 4.69) is 25.5 Å². The summed E-state index contributed by atoms with van der Waals surface area (Å²) in [5.41, 5.74) is 3.90. The van der Waals surface area contributed by atoms with Gasteiger partial charge in [0.15, 0.2) is 5.82 Å². The first kappa shape index (κ1) is 11.0. The third-order valence-corrected chi connectivity index (χ3v) is 2.97. The van der Waals surface area contributed by atoms with Crippen LogP contribution in [0.5, 0.6) is 5.88 Å². The maximum absolute atomic E-state index is 4.98. The van der Waals surface area contributed by atoms with Crippen LogP contribution in [0.1, 0.15) is 17.0 Å². The van der Waals surface area contributed by atoms with Gasteiger partial charge in [-0.3, -0.25) is 0 Å². The second-order valence-corrected chi connectivity index (χ2v) is 4.12. The molecule has 6 nitrogen and oxygen atoms in total. The van der Waals surface area contributed by atoms with Crippen molar-refractivity contribution in [3.8, 4) is 17.4 Å². The van der Waals surface area contributed by atoms with Gasteiger partial charge in [0, 0.05) is 30.4 Å². The minimum atomic E-state index is 0.485. The lowest BCUT2D eigenvalue weighted by Gasteiger charge is -2.05. The van der Waals surface area contributed by atoms with Gasteiger partial charge in [0.05, 0.1) is 12.8 Å². The van der Waals surface area contributed by atoms with Crippen LogP contribution in [0.3, 0.4) is 0 Å². The molecule has 3 rings (SSSR count). The zero-order valence-electron chi connectivity index (χ0n) is 10.3. The summed E-state index contributed by atoms with van der Waals surface area (Å²) in [6.07, 6.45) is 0. The Balaban J connectivity index is 2.03. The lowest BCUT2D eigenvalue weighted by Crippen LogP contribution is -2.02. The molecule has 6 heteroatoms. The molecule has 0 atom stereocenters. The summed E-state index contributed by atoms with van der Waals surface area (Å²) >= 11 is 0. The number of aryl methyl sites for hydroxylation is 1. The van der Waals surface area contributed by atoms with Gasteiger partial charge in [0.1, 0.15) is 5.69 Å². The van der Waals surface area contributed by atoms with Gasteiger partial charge >= 0.3 is 0 Å². The average molecular weight is 243 g/mol. The molecular weight excluding hydrogens is 230 g/mol. The van der Waals surface area contributed by atoms with Crippen molar-refractivity contribution in [3.05, 3.63) is 29.1 Å². The maximum Gasteiger partial charge on any atom is 0.233 e. The fourth-order valence-electron chi connectivity index (χ4n) is 2.00. The van der Waals surface area contributed by atoms with Crippen LogP contribution in [0.4, 0.5) is 0 Å². The van der Waals surface area contributed by atoms with Crippen molar-refractivity contribution >= 4 is 0 Å². The highest BCUT2D eigenvalue weighted by Crippen LogP contribution is 2.20. The standard InChI is InChI=1S/C12H13N5O/c1-7-8-5-13-6-10(8)15-12(14-7)9-3-4-11(18-2)17-16-9/h3-4,13H,5-6H2,1-2H3. The third kappa shape index (κ3) is 1.80. The zero-order chi connectivity index (χ0) is 12.5. The highest BCUT2D eigenvalue weighted by molar-refractivity contribution is 5.50. The molecule has 0 aliphatic carbocycles. The lowest BCUT2D eigenvalue weighted by molar-refractivity contribution is 0.392. The van der Waals surface area contributed by atoms with E-state index in [9.17, 15) is 0 Å². The van der Waals surface area contributed by atoms with E-state index in [-0.39, 0.29) is 0 Å². The Bertz CT molecular complexity index is 582. The zero-order valence-corrected chi connectivity index (χ0v) is 10.3. The number of methoxy groups -OCH3 is 1. The number of nitrogens with zero attached hydrogens (tertiary/aromatic N) is 4. The molecule has 1 N–H and O–H groups in total. The SMILES string of the molecule is COc1ccc(-c2nc(C)c3c(n2)CNC3)nn1. The first-order chi connectivity index (χ1) is 8.78. The maximum atomic E-state index is 4.98. The summed E-state index contributed by atoms with van der Waals surface area (Å²) in [5.74, 6) is 1.10. The number of fused-ring (bicyclic) bond motifs is 1. The number of hydrogen-bond donors (Lipinski definition) is 1. The Morgan fingerprint density at radius 1 is 1.17 bits per heavy atom. The molecule has 0 aromatic carbocycles. The van der Waals surface area contributed by atoms with Gasteiger partial charge in [-0.1, -0.05) is 0 Å². The molecule has 2 aromatic rings. The van der Waals surface area contributed by atoms with E-state index in [1.807, 2.05) is 13.0 Å². The van der Waals surface area contributed by atoms with E-state index >= 15 is 0 Å². The first-order valence-electron chi connectivity index (χ1n) is 5.73. The molecular formula is C12H13N5O. The van der Waals surface area contributed by atoms with Gasteiger partial charge in [-0.05, 0) is 13.0 Å². The number of aromatic nitrogens is 4. The van der Waals surface area contributed by atoms with Gasteiger partial charge in [-0.2, -0.15) is 0 Å². The molecule has 18 heavy (non-hydrogen) atoms. The molecule has 0 unspecified atom stereocenters. The second kappa shape index (κ2) is 4.30. The Hall–Kier alpha value is -2.08. The first-order valence-corrected chi connectivity index (χ1v) is 5.73. The number of ether oxygens (including phenoxy) is 1. The van der Waals surface area contributed by atoms with E-state index in [1.165, 1.54) is 5.56 Å². The summed E-state index contributed by atoms with van der Waals surface area (Å²) in [6, 6.07) is 3.57. The minimum Gasteiger partial charge on any atom is -0.480 e. The van der Waals surface area contributed by atoms with E-state index in [0.29, 0.717) is 17.4 Å². The Labute approximate surface area is 104 Å². The predicted molar refractivity (Wildman–Crippen MR) is 64.9 cm³/mol. The predicted octanol–water partition coefficient (Wildman–Crippen LogP) is 0.854. The monoisotopic (exact) mass is 243 g/mol. The molecule has 3 heterocycles. The van der Waals surface area contributed by atoms with E-state index in [4.69, 9.17) is 4.74 Å². The van der Waals surface area contributed by atoms with Crippen molar-refractivity contribution in [2.45, 2.75) is 20.0 Å². The van der Waals surface area contributed by atoms with E-state index < -0.39 is 0 Å². The van der Waals surface area contributed by atoms with E-state index in [1.54, 1.807) is 13.2 Å². The van der Waals surface area contributed by atoms with Gasteiger partial charge in [0.2, 0.25) is 5.88 Å². The van der Waals surface area contributed by atoms with Crippen molar-refractivity contribution in [1.29, 1.82) is 0 Å². The third-order valence-electron chi connectivity index (χ3n) is 2.97. The Morgan fingerprint density at radius 3 is 2.78 bits per heavy atom. The lowest BCUT2D eigenvalue weighted by atomic mass is 10.2. The summed E-state index contributed by atoms with van der Waals surface area (Å²) in [4.78, 5) is 9.00. The summed E-state index contributed by atoms with van der Waals surface area (Å²) in [5, 5.41) is 11.3. The average Bonchev–Trinajstić information content (AvgIpc) is 2.88. The molecule has 0 fully saturated rings. The second-order valence-electron chi connectivity index (χ2n) is 4.12. The van der Waals surface area contributed by atoms with Crippen molar-refractivity contribution in [2.24, 2.45) is 0 Å². The quantitative estimate of drug-likeness (QED) is 0.843. The summed E-state index contributed by atoms with van der Waals surface area (Å²) in [7, 11) is 1.56. The van der Waals surface area contributed by atoms with Crippen LogP contribution in [0.25, 0.3) is 11.5 Å². The molecule has 1 aliphatic heterocycles. The normalized spacial score (nSPS) is 13.4. The van der Waals surface area contributed by atoms with Gasteiger partial charge in [-0.25, -0.2) is 9.97 Å². The molecule has 0 spiro atoms. The van der Waals surface area contributed by atoms with Crippen molar-refractivity contribution in [1.82, 2.24) is 25.5 Å². The molecule has 92 valence electrons. The molecule has 0 bridgehead atoms. The minimum absolute atomic E-state index is 0.485. The fraction of sp³-hybridized carbons (Fsp3) is 0.333. The van der Waals surface area contributed by atoms with Gasteiger partial charge in [0.25, 0.3) is 0 Å². The molecule has 1 aliphatic rings. The van der Waals surface area contributed by atoms with Gasteiger partial charge in [-0.15, -0.1) is 10.2 Å². The molecule has 2 aromatic heterocycles. The van der Waals surface area contributed by atoms with Crippen molar-refractivity contribution in [2.75, 3.05) is 7.11 Å².